The van der Waals surface area contributed by atoms with E-state index < -0.39 is 0 Å². The van der Waals surface area contributed by atoms with E-state index in [4.69, 9.17) is 9.47 Å². The molecule has 2 aliphatic heterocycles. The van der Waals surface area contributed by atoms with Gasteiger partial charge < -0.3 is 19.3 Å². The van der Waals surface area contributed by atoms with Gasteiger partial charge in [0.2, 0.25) is 0 Å². The van der Waals surface area contributed by atoms with Crippen molar-refractivity contribution >= 4 is 11.4 Å². The third-order valence-corrected chi connectivity index (χ3v) is 6.36. The Hall–Kier alpha value is -3.66. The summed E-state index contributed by atoms with van der Waals surface area (Å²) in [6.07, 6.45) is 4.34. The lowest BCUT2D eigenvalue weighted by Crippen LogP contribution is -2.26. The van der Waals surface area contributed by atoms with Gasteiger partial charge in [-0.1, -0.05) is 60.7 Å². The molecule has 0 amide bonds. The highest BCUT2D eigenvalue weighted by Gasteiger charge is 2.32. The third kappa shape index (κ3) is 3.62. The summed E-state index contributed by atoms with van der Waals surface area (Å²) in [7, 11) is 3.52. The van der Waals surface area contributed by atoms with Crippen LogP contribution >= 0.6 is 0 Å². The van der Waals surface area contributed by atoms with Crippen LogP contribution in [0.15, 0.2) is 109 Å². The van der Waals surface area contributed by atoms with Crippen molar-refractivity contribution < 1.29 is 9.47 Å². The Morgan fingerprint density at radius 1 is 0.562 bits per heavy atom. The van der Waals surface area contributed by atoms with Gasteiger partial charge in [0, 0.05) is 24.5 Å². The Labute approximate surface area is 190 Å². The van der Waals surface area contributed by atoms with Crippen LogP contribution < -0.4 is 9.80 Å². The van der Waals surface area contributed by atoms with E-state index in [2.05, 4.69) is 107 Å². The molecule has 4 heteroatoms. The quantitative estimate of drug-likeness (QED) is 0.494. The molecule has 4 nitrogen and oxygen atoms in total. The van der Waals surface area contributed by atoms with E-state index >= 15 is 0 Å². The van der Waals surface area contributed by atoms with Crippen LogP contribution in [-0.2, 0) is 9.47 Å². The molecule has 0 N–H and O–H groups in total. The largest absolute Gasteiger partial charge is 0.499 e. The van der Waals surface area contributed by atoms with Crippen LogP contribution in [0.5, 0.6) is 0 Å². The number of ether oxygens (including phenoxy) is 2. The summed E-state index contributed by atoms with van der Waals surface area (Å²) in [6.45, 7) is 1.67. The summed E-state index contributed by atoms with van der Waals surface area (Å²) in [4.78, 5) is 4.75. The first kappa shape index (κ1) is 20.3. The lowest BCUT2D eigenvalue weighted by molar-refractivity contribution is 0.269. The third-order valence-electron chi connectivity index (χ3n) is 6.36. The number of anilines is 2. The van der Waals surface area contributed by atoms with Gasteiger partial charge >= 0.3 is 0 Å². The summed E-state index contributed by atoms with van der Waals surface area (Å²) in [5.41, 5.74) is 4.83. The molecule has 0 radical (unpaired) electrons. The summed E-state index contributed by atoms with van der Waals surface area (Å²) in [6, 6.07) is 30.1. The van der Waals surface area contributed by atoms with Crippen LogP contribution in [-0.4, -0.2) is 27.3 Å². The molecule has 2 heterocycles. The Balaban J connectivity index is 1.46. The Morgan fingerprint density at radius 2 is 0.938 bits per heavy atom. The maximum absolute atomic E-state index is 5.75. The smallest absolute Gasteiger partial charge is 0.120 e. The average molecular weight is 425 g/mol. The molecule has 3 aromatic rings. The van der Waals surface area contributed by atoms with Crippen molar-refractivity contribution in [2.45, 2.75) is 12.1 Å². The first-order valence-electron chi connectivity index (χ1n) is 11.0. The molecule has 0 saturated carbocycles. The van der Waals surface area contributed by atoms with Crippen molar-refractivity contribution in [2.24, 2.45) is 0 Å². The molecule has 0 aromatic heterocycles. The number of hydrogen-bond donors (Lipinski definition) is 0. The van der Waals surface area contributed by atoms with Gasteiger partial charge in [0.25, 0.3) is 0 Å². The average Bonchev–Trinajstić information content (AvgIpc) is 3.49. The second-order valence-electron chi connectivity index (χ2n) is 8.07. The number of hydrogen-bond acceptors (Lipinski definition) is 4. The van der Waals surface area contributed by atoms with Crippen LogP contribution in [0.4, 0.5) is 11.4 Å². The molecule has 0 fully saturated rings. The molecule has 32 heavy (non-hydrogen) atoms. The van der Waals surface area contributed by atoms with Crippen molar-refractivity contribution in [1.29, 1.82) is 0 Å². The minimum Gasteiger partial charge on any atom is -0.499 e. The molecule has 0 aliphatic carbocycles. The molecule has 0 bridgehead atoms. The number of para-hydroxylation sites is 2. The lowest BCUT2D eigenvalue weighted by atomic mass is 9.98. The van der Waals surface area contributed by atoms with E-state index in [1.807, 2.05) is 0 Å². The van der Waals surface area contributed by atoms with Crippen molar-refractivity contribution in [3.05, 3.63) is 120 Å². The van der Waals surface area contributed by atoms with Gasteiger partial charge in [-0.05, 0) is 47.5 Å². The summed E-state index contributed by atoms with van der Waals surface area (Å²) < 4.78 is 11.5. The topological polar surface area (TPSA) is 24.9 Å². The predicted molar refractivity (Wildman–Crippen MR) is 130 cm³/mol. The zero-order valence-corrected chi connectivity index (χ0v) is 18.5. The van der Waals surface area contributed by atoms with Gasteiger partial charge in [-0.2, -0.15) is 0 Å². The number of nitrogens with zero attached hydrogens (tertiary/aromatic N) is 2. The molecular weight excluding hydrogens is 396 g/mol. The van der Waals surface area contributed by atoms with Crippen molar-refractivity contribution in [2.75, 3.05) is 37.1 Å². The van der Waals surface area contributed by atoms with E-state index in [1.54, 1.807) is 14.2 Å². The molecule has 0 spiro atoms. The Kier molecular flexibility index (Phi) is 5.59. The molecule has 162 valence electrons. The fraction of sp³-hybridized carbons (Fsp3) is 0.214. The second kappa shape index (κ2) is 8.83. The number of rotatable bonds is 6. The molecule has 2 aliphatic rings. The van der Waals surface area contributed by atoms with E-state index in [9.17, 15) is 0 Å². The zero-order valence-electron chi connectivity index (χ0n) is 18.5. The molecule has 5 rings (SSSR count). The van der Waals surface area contributed by atoms with E-state index in [0.717, 1.165) is 24.6 Å². The molecular formula is C28H28N2O2. The van der Waals surface area contributed by atoms with E-state index in [0.29, 0.717) is 0 Å². The minimum atomic E-state index is 0.0719. The van der Waals surface area contributed by atoms with Gasteiger partial charge in [0.05, 0.1) is 14.2 Å². The highest BCUT2D eigenvalue weighted by Crippen LogP contribution is 2.40. The van der Waals surface area contributed by atoms with E-state index in [1.165, 1.54) is 22.5 Å². The van der Waals surface area contributed by atoms with Gasteiger partial charge in [0.1, 0.15) is 23.6 Å². The Bertz CT molecular complexity index is 1020. The highest BCUT2D eigenvalue weighted by molar-refractivity contribution is 5.57. The normalized spacial score (nSPS) is 20.2. The molecule has 3 aromatic carbocycles. The van der Waals surface area contributed by atoms with Crippen LogP contribution in [0, 0.1) is 0 Å². The van der Waals surface area contributed by atoms with Crippen molar-refractivity contribution in [1.82, 2.24) is 0 Å². The zero-order chi connectivity index (χ0) is 21.9. The predicted octanol–water partition coefficient (Wildman–Crippen LogP) is 5.87. The lowest BCUT2D eigenvalue weighted by Gasteiger charge is -2.31. The molecule has 2 atom stereocenters. The van der Waals surface area contributed by atoms with Crippen LogP contribution in [0.25, 0.3) is 0 Å². The summed E-state index contributed by atoms with van der Waals surface area (Å²) in [5, 5.41) is 0. The summed E-state index contributed by atoms with van der Waals surface area (Å²) in [5.74, 6) is 1.98. The monoisotopic (exact) mass is 424 g/mol. The highest BCUT2D eigenvalue weighted by atomic mass is 16.5. The molecule has 0 saturated heterocycles. The second-order valence-corrected chi connectivity index (χ2v) is 8.07. The SMILES string of the molecule is COC1=CCN(c2ccccc2)C1c1ccc(C2C(OC)=CCN2c2ccccc2)cc1. The van der Waals surface area contributed by atoms with Gasteiger partial charge in [-0.15, -0.1) is 0 Å². The van der Waals surface area contributed by atoms with Crippen LogP contribution in [0.2, 0.25) is 0 Å². The van der Waals surface area contributed by atoms with Crippen LogP contribution in [0.1, 0.15) is 23.2 Å². The minimum absolute atomic E-state index is 0.0719. The fourth-order valence-electron chi connectivity index (χ4n) is 4.80. The fourth-order valence-corrected chi connectivity index (χ4v) is 4.80. The maximum atomic E-state index is 5.75. The first-order chi connectivity index (χ1) is 15.8. The maximum Gasteiger partial charge on any atom is 0.120 e. The van der Waals surface area contributed by atoms with E-state index in [-0.39, 0.29) is 12.1 Å². The van der Waals surface area contributed by atoms with Gasteiger partial charge in [-0.25, -0.2) is 0 Å². The van der Waals surface area contributed by atoms with Crippen LogP contribution in [0.3, 0.4) is 0 Å². The Morgan fingerprint density at radius 3 is 1.28 bits per heavy atom. The van der Waals surface area contributed by atoms with Crippen molar-refractivity contribution in [3.8, 4) is 0 Å². The van der Waals surface area contributed by atoms with Gasteiger partial charge in [-0.3, -0.25) is 0 Å². The number of methoxy groups -OCH3 is 2. The number of benzene rings is 3. The van der Waals surface area contributed by atoms with Crippen molar-refractivity contribution in [3.63, 3.8) is 0 Å². The standard InChI is InChI=1S/C28H28N2O2/c1-31-25-17-19-29(23-9-5-3-6-10-23)27(25)21-13-15-22(16-14-21)28-26(32-2)18-20-30(28)24-11-7-4-8-12-24/h3-18,27-28H,19-20H2,1-2H3. The molecule has 2 unspecified atom stereocenters. The first-order valence-corrected chi connectivity index (χ1v) is 11.0. The summed E-state index contributed by atoms with van der Waals surface area (Å²) >= 11 is 0. The van der Waals surface area contributed by atoms with Gasteiger partial charge in [0.15, 0.2) is 0 Å².